The van der Waals surface area contributed by atoms with Crippen LogP contribution in [-0.2, 0) is 28.7 Å². The highest BCUT2D eigenvalue weighted by atomic mass is 32.2. The van der Waals surface area contributed by atoms with E-state index < -0.39 is 88.3 Å². The van der Waals surface area contributed by atoms with E-state index in [1.54, 1.807) is 23.9 Å². The average Bonchev–Trinajstić information content (AvgIpc) is 3.54. The summed E-state index contributed by atoms with van der Waals surface area (Å²) in [4.78, 5) is 84.6. The largest absolute Gasteiger partial charge is 0.507 e. The van der Waals surface area contributed by atoms with Crippen molar-refractivity contribution < 1.29 is 43.7 Å². The molecule has 12 heteroatoms. The lowest BCUT2D eigenvalue weighted by Crippen LogP contribution is -2.78. The molecule has 0 aliphatic heterocycles. The molecule has 6 rings (SSSR count). The van der Waals surface area contributed by atoms with Crippen LogP contribution in [0.5, 0.6) is 5.75 Å². The molecule has 8 atom stereocenters. The van der Waals surface area contributed by atoms with Crippen molar-refractivity contribution in [2.24, 2.45) is 35.3 Å². The van der Waals surface area contributed by atoms with Gasteiger partial charge in [0.1, 0.15) is 11.9 Å². The molecule has 5 aliphatic carbocycles. The number of likely N-dealkylation sites (N-methyl/N-ethyl adjacent to an activating group) is 1. The molecule has 4 saturated carbocycles. The first-order chi connectivity index (χ1) is 21.9. The van der Waals surface area contributed by atoms with Crippen molar-refractivity contribution >= 4 is 46.8 Å². The number of benzene rings is 1. The summed E-state index contributed by atoms with van der Waals surface area (Å²) in [6, 6.07) is 3.28. The fourth-order valence-corrected chi connectivity index (χ4v) is 10.5. The Morgan fingerprint density at radius 3 is 2.28 bits per heavy atom. The number of esters is 1. The molecule has 0 saturated heterocycles. The number of Topliss-reactive ketones (excluding diaryl/α,β-unsaturated/α-hetero) is 4. The predicted octanol–water partition coefficient (Wildman–Crippen LogP) is 2.19. The number of aliphatic hydroxyl groups is 1. The molecule has 2 unspecified atom stereocenters. The fourth-order valence-electron chi connectivity index (χ4n) is 8.95. The second-order valence-electron chi connectivity index (χ2n) is 13.9. The van der Waals surface area contributed by atoms with Crippen LogP contribution in [0.15, 0.2) is 18.2 Å². The first kappa shape index (κ1) is 32.8. The van der Waals surface area contributed by atoms with Crippen molar-refractivity contribution in [1.82, 2.24) is 4.90 Å². The number of amides is 1. The number of ketones is 4. The summed E-state index contributed by atoms with van der Waals surface area (Å²) in [5.41, 5.74) is 2.91. The molecular formula is C34H42N2O9S. The van der Waals surface area contributed by atoms with Gasteiger partial charge in [0, 0.05) is 22.8 Å². The molecule has 11 nitrogen and oxygen atoms in total. The third-order valence-corrected chi connectivity index (χ3v) is 12.6. The van der Waals surface area contributed by atoms with Crippen molar-refractivity contribution in [3.05, 3.63) is 29.3 Å². The number of aromatic hydroxyl groups is 1. The van der Waals surface area contributed by atoms with Crippen LogP contribution in [0.2, 0.25) is 0 Å². The molecule has 248 valence electrons. The number of carbonyl (C=O) groups excluding carboxylic acids is 6. The van der Waals surface area contributed by atoms with Crippen LogP contribution in [0, 0.1) is 29.6 Å². The Morgan fingerprint density at radius 2 is 1.65 bits per heavy atom. The Kier molecular flexibility index (Phi) is 8.92. The van der Waals surface area contributed by atoms with Crippen molar-refractivity contribution in [2.45, 2.75) is 86.7 Å². The molecular weight excluding hydrogens is 612 g/mol. The van der Waals surface area contributed by atoms with Crippen LogP contribution in [0.3, 0.4) is 0 Å². The molecule has 0 spiro atoms. The summed E-state index contributed by atoms with van der Waals surface area (Å²) in [6.45, 7) is 0. The number of nitrogens with two attached hydrogens (primary N) is 1. The second kappa shape index (κ2) is 12.5. The van der Waals surface area contributed by atoms with Gasteiger partial charge in [0.2, 0.25) is 5.91 Å². The van der Waals surface area contributed by atoms with Gasteiger partial charge in [-0.1, -0.05) is 44.2 Å². The minimum absolute atomic E-state index is 0.0662. The average molecular weight is 655 g/mol. The number of hydrogen-bond acceptors (Lipinski definition) is 11. The van der Waals surface area contributed by atoms with E-state index in [4.69, 9.17) is 10.5 Å². The van der Waals surface area contributed by atoms with Crippen molar-refractivity contribution in [3.63, 3.8) is 0 Å². The summed E-state index contributed by atoms with van der Waals surface area (Å²) in [7, 11) is 3.03. The van der Waals surface area contributed by atoms with Gasteiger partial charge in [-0.15, -0.1) is 0 Å². The normalized spacial score (nSPS) is 35.1. The Hall–Kier alpha value is -3.09. The number of phenols is 1. The third-order valence-electron chi connectivity index (χ3n) is 11.1. The number of hydrogen-bond donors (Lipinski definition) is 3. The number of primary amides is 1. The molecule has 1 amide bonds. The van der Waals surface area contributed by atoms with Gasteiger partial charge in [-0.2, -0.15) is 11.8 Å². The number of fused-ring (bicyclic) bond motifs is 3. The summed E-state index contributed by atoms with van der Waals surface area (Å²) in [5, 5.41) is 23.6. The molecule has 1 aromatic rings. The molecule has 46 heavy (non-hydrogen) atoms. The summed E-state index contributed by atoms with van der Waals surface area (Å²) in [6.07, 6.45) is 6.60. The van der Waals surface area contributed by atoms with Crippen LogP contribution in [0.25, 0.3) is 0 Å². The summed E-state index contributed by atoms with van der Waals surface area (Å²) >= 11 is 1.70. The van der Waals surface area contributed by atoms with Gasteiger partial charge in [0.25, 0.3) is 0 Å². The Labute approximate surface area is 272 Å². The molecule has 0 bridgehead atoms. The highest BCUT2D eigenvalue weighted by molar-refractivity contribution is 7.99. The number of carbonyl (C=O) groups is 6. The van der Waals surface area contributed by atoms with Gasteiger partial charge in [-0.25, -0.2) is 0 Å². The fraction of sp³-hybridized carbons (Fsp3) is 0.647. The van der Waals surface area contributed by atoms with E-state index >= 15 is 0 Å². The monoisotopic (exact) mass is 654 g/mol. The molecule has 0 heterocycles. The lowest BCUT2D eigenvalue weighted by molar-refractivity contribution is -0.207. The van der Waals surface area contributed by atoms with E-state index in [2.05, 4.69) is 0 Å². The Morgan fingerprint density at radius 1 is 1.00 bits per heavy atom. The summed E-state index contributed by atoms with van der Waals surface area (Å²) in [5.74, 6) is -13.5. The van der Waals surface area contributed by atoms with E-state index in [0.717, 1.165) is 44.9 Å². The van der Waals surface area contributed by atoms with E-state index in [1.807, 2.05) is 0 Å². The number of ether oxygens (including phenoxy) is 1. The molecule has 4 fully saturated rings. The Bertz CT molecular complexity index is 1470. The maximum absolute atomic E-state index is 14.6. The highest BCUT2D eigenvalue weighted by Gasteiger charge is 2.74. The first-order valence-electron chi connectivity index (χ1n) is 16.4. The van der Waals surface area contributed by atoms with Gasteiger partial charge in [0.15, 0.2) is 34.7 Å². The van der Waals surface area contributed by atoms with E-state index in [0.29, 0.717) is 29.4 Å². The Balaban J connectivity index is 1.55. The second-order valence-corrected chi connectivity index (χ2v) is 15.2. The smallest absolute Gasteiger partial charge is 0.309 e. The minimum Gasteiger partial charge on any atom is -0.507 e. The van der Waals surface area contributed by atoms with Gasteiger partial charge in [0.05, 0.1) is 29.4 Å². The molecule has 0 radical (unpaired) electrons. The van der Waals surface area contributed by atoms with Crippen molar-refractivity contribution in [2.75, 3.05) is 19.8 Å². The van der Waals surface area contributed by atoms with Crippen LogP contribution < -0.4 is 5.73 Å². The lowest BCUT2D eigenvalue weighted by Gasteiger charge is -2.57. The molecule has 4 N–H and O–H groups in total. The van der Waals surface area contributed by atoms with E-state index in [9.17, 15) is 39.0 Å². The lowest BCUT2D eigenvalue weighted by atomic mass is 9.49. The highest BCUT2D eigenvalue weighted by Crippen LogP contribution is 2.56. The number of rotatable bonds is 7. The zero-order valence-electron chi connectivity index (χ0n) is 26.2. The predicted molar refractivity (Wildman–Crippen MR) is 167 cm³/mol. The maximum atomic E-state index is 14.6. The van der Waals surface area contributed by atoms with Gasteiger partial charge >= 0.3 is 5.97 Å². The maximum Gasteiger partial charge on any atom is 0.309 e. The quantitative estimate of drug-likeness (QED) is 0.290. The number of phenolic OH excluding ortho intramolecular Hbond substituents is 1. The van der Waals surface area contributed by atoms with Gasteiger partial charge in [-0.05, 0) is 51.4 Å². The standard InChI is InChI=1S/C34H42N2O9S/c1-36(2)26-25-29(45-33(43)16-9-4-3-5-10-16)22-19(15-46-17-11-6-7-12-17)18-13-8-14-20(37)21(18)27(38)23(22)30(40)34(25,44)31(41)24(28(26)39)32(35)42/h8,13-14,16-17,19,22-26,29,37,44H,3-7,9-12,15H2,1-2H3,(H2,35,42)/t19-,22+,23?,24?,25+,26-,29-,34-/m1/s1. The van der Waals surface area contributed by atoms with Gasteiger partial charge < -0.3 is 20.7 Å². The zero-order valence-corrected chi connectivity index (χ0v) is 27.0. The SMILES string of the molecule is CN(C)[C@H]1C(=O)C(C(N)=O)C(=O)[C@]2(O)C(=O)C3C(=O)c4c(O)cccc4[C@@H](CSC4CCCC4)[C@@H]3[C@@H](OC(=O)C3CCCCC3)[C@H]12. The van der Waals surface area contributed by atoms with Crippen LogP contribution in [-0.4, -0.2) is 93.0 Å². The van der Waals surface area contributed by atoms with E-state index in [1.165, 1.54) is 25.1 Å². The number of nitrogens with zero attached hydrogens (tertiary/aromatic N) is 1. The minimum atomic E-state index is -3.03. The van der Waals surface area contributed by atoms with Crippen LogP contribution >= 0.6 is 11.8 Å². The molecule has 0 aromatic heterocycles. The molecule has 1 aromatic carbocycles. The number of thioether (sulfide) groups is 1. The van der Waals surface area contributed by atoms with Crippen LogP contribution in [0.4, 0.5) is 0 Å². The topological polar surface area (TPSA) is 181 Å². The van der Waals surface area contributed by atoms with Crippen molar-refractivity contribution in [1.29, 1.82) is 0 Å². The summed E-state index contributed by atoms with van der Waals surface area (Å²) < 4.78 is 6.33. The van der Waals surface area contributed by atoms with Gasteiger partial charge in [-0.3, -0.25) is 33.7 Å². The van der Waals surface area contributed by atoms with Crippen LogP contribution in [0.1, 0.15) is 79.6 Å². The zero-order chi connectivity index (χ0) is 33.1. The third kappa shape index (κ3) is 5.11. The molecule has 5 aliphatic rings. The first-order valence-corrected chi connectivity index (χ1v) is 17.4. The van der Waals surface area contributed by atoms with E-state index in [-0.39, 0.29) is 11.3 Å². The van der Waals surface area contributed by atoms with Crippen molar-refractivity contribution in [3.8, 4) is 5.75 Å².